The van der Waals surface area contributed by atoms with Gasteiger partial charge in [-0.25, -0.2) is 13.9 Å². The third kappa shape index (κ3) is 4.16. The number of nitrogens with one attached hydrogen (secondary N) is 1. The van der Waals surface area contributed by atoms with Crippen molar-refractivity contribution in [2.75, 3.05) is 5.32 Å². The standard InChI is InChI=1S/C31H28FN5O/c1-3-22-14-16-25(17-15-22)33-31(38)36-20-27-21(2)34-37(26-11-5-4-6-12-26)30(27)35-18-8-13-28(35)29(36)23-9-7-10-24(32)19-23/h4-19,29H,3,20H2,1-2H3,(H,33,38). The van der Waals surface area contributed by atoms with Crippen molar-refractivity contribution in [3.05, 3.63) is 131 Å². The van der Waals surface area contributed by atoms with Crippen LogP contribution in [0.3, 0.4) is 0 Å². The molecule has 3 aromatic carbocycles. The van der Waals surface area contributed by atoms with Gasteiger partial charge in [0.2, 0.25) is 0 Å². The monoisotopic (exact) mass is 505 g/mol. The van der Waals surface area contributed by atoms with E-state index in [4.69, 9.17) is 5.10 Å². The van der Waals surface area contributed by atoms with E-state index >= 15 is 0 Å². The van der Waals surface area contributed by atoms with E-state index in [1.54, 1.807) is 11.0 Å². The molecule has 0 fully saturated rings. The smallest absolute Gasteiger partial charge is 0.308 e. The SMILES string of the molecule is CCc1ccc(NC(=O)N2Cc3c(C)nn(-c4ccccc4)c3-n3cccc3C2c2cccc(F)c2)cc1. The molecule has 1 unspecified atom stereocenters. The van der Waals surface area contributed by atoms with E-state index in [2.05, 4.69) is 16.8 Å². The van der Waals surface area contributed by atoms with Gasteiger partial charge in [-0.3, -0.25) is 0 Å². The van der Waals surface area contributed by atoms with Crippen LogP contribution < -0.4 is 5.32 Å². The van der Waals surface area contributed by atoms with E-state index in [-0.39, 0.29) is 11.8 Å². The number of halogens is 1. The maximum atomic E-state index is 14.5. The number of aryl methyl sites for hydroxylation is 2. The predicted molar refractivity (Wildman–Crippen MR) is 146 cm³/mol. The van der Waals surface area contributed by atoms with Gasteiger partial charge in [-0.15, -0.1) is 0 Å². The Balaban J connectivity index is 1.51. The molecule has 6 nitrogen and oxygen atoms in total. The fraction of sp³-hybridized carbons (Fsp3) is 0.161. The number of urea groups is 1. The van der Waals surface area contributed by atoms with Crippen LogP contribution in [0.1, 0.15) is 41.0 Å². The Hall–Kier alpha value is -4.65. The van der Waals surface area contributed by atoms with E-state index in [9.17, 15) is 9.18 Å². The summed E-state index contributed by atoms with van der Waals surface area (Å²) in [6, 6.07) is 27.4. The van der Waals surface area contributed by atoms with E-state index < -0.39 is 6.04 Å². The molecule has 7 heteroatoms. The number of amides is 2. The molecule has 2 amide bonds. The number of hydrogen-bond donors (Lipinski definition) is 1. The molecule has 0 aliphatic carbocycles. The Morgan fingerprint density at radius 3 is 2.53 bits per heavy atom. The lowest BCUT2D eigenvalue weighted by Gasteiger charge is -2.31. The van der Waals surface area contributed by atoms with Gasteiger partial charge < -0.3 is 14.8 Å². The van der Waals surface area contributed by atoms with Crippen molar-refractivity contribution in [3.63, 3.8) is 0 Å². The van der Waals surface area contributed by atoms with Crippen LogP contribution in [-0.4, -0.2) is 25.3 Å². The summed E-state index contributed by atoms with van der Waals surface area (Å²) in [7, 11) is 0. The number of carbonyl (C=O) groups is 1. The second-order valence-corrected chi connectivity index (χ2v) is 9.50. The van der Waals surface area contributed by atoms with Crippen LogP contribution in [0.15, 0.2) is 97.2 Å². The Labute approximate surface area is 221 Å². The highest BCUT2D eigenvalue weighted by Crippen LogP contribution is 2.38. The predicted octanol–water partition coefficient (Wildman–Crippen LogP) is 6.81. The Kier molecular flexibility index (Phi) is 6.04. The number of fused-ring (bicyclic) bond motifs is 3. The number of nitrogens with zero attached hydrogens (tertiary/aromatic N) is 4. The van der Waals surface area contributed by atoms with Gasteiger partial charge in [0.1, 0.15) is 11.6 Å². The van der Waals surface area contributed by atoms with Gasteiger partial charge >= 0.3 is 6.03 Å². The van der Waals surface area contributed by atoms with E-state index in [0.29, 0.717) is 17.8 Å². The minimum absolute atomic E-state index is 0.268. The molecule has 0 saturated carbocycles. The second-order valence-electron chi connectivity index (χ2n) is 9.50. The Morgan fingerprint density at radius 2 is 1.79 bits per heavy atom. The highest BCUT2D eigenvalue weighted by atomic mass is 19.1. The number of anilines is 1. The number of hydrogen-bond acceptors (Lipinski definition) is 2. The minimum atomic E-state index is -0.522. The molecular formula is C31H28FN5O. The van der Waals surface area contributed by atoms with E-state index in [0.717, 1.165) is 34.9 Å². The third-order valence-electron chi connectivity index (χ3n) is 7.13. The second kappa shape index (κ2) is 9.67. The van der Waals surface area contributed by atoms with Crippen LogP contribution in [0.25, 0.3) is 11.5 Å². The molecule has 2 aromatic heterocycles. The maximum Gasteiger partial charge on any atom is 0.322 e. The first-order chi connectivity index (χ1) is 18.5. The molecule has 1 aliphatic rings. The van der Waals surface area contributed by atoms with Crippen molar-refractivity contribution in [2.45, 2.75) is 32.9 Å². The molecule has 5 aromatic rings. The van der Waals surface area contributed by atoms with Crippen LogP contribution >= 0.6 is 0 Å². The number of carbonyl (C=O) groups excluding carboxylic acids is 1. The summed E-state index contributed by atoms with van der Waals surface area (Å²) in [5, 5.41) is 7.94. The van der Waals surface area contributed by atoms with Gasteiger partial charge in [0, 0.05) is 17.4 Å². The highest BCUT2D eigenvalue weighted by Gasteiger charge is 2.36. The van der Waals surface area contributed by atoms with Gasteiger partial charge in [-0.1, -0.05) is 49.4 Å². The summed E-state index contributed by atoms with van der Waals surface area (Å²) < 4.78 is 18.5. The van der Waals surface area contributed by atoms with Crippen molar-refractivity contribution >= 4 is 11.7 Å². The topological polar surface area (TPSA) is 55.1 Å². The number of para-hydroxylation sites is 1. The molecule has 190 valence electrons. The highest BCUT2D eigenvalue weighted by molar-refractivity contribution is 5.90. The lowest BCUT2D eigenvalue weighted by atomic mass is 10.0. The van der Waals surface area contributed by atoms with Crippen molar-refractivity contribution in [1.29, 1.82) is 0 Å². The van der Waals surface area contributed by atoms with Crippen LogP contribution in [-0.2, 0) is 13.0 Å². The van der Waals surface area contributed by atoms with Crippen LogP contribution in [0.5, 0.6) is 0 Å². The first-order valence-corrected chi connectivity index (χ1v) is 12.8. The van der Waals surface area contributed by atoms with E-state index in [1.165, 1.54) is 17.7 Å². The molecular weight excluding hydrogens is 477 g/mol. The Morgan fingerprint density at radius 1 is 1.00 bits per heavy atom. The zero-order chi connectivity index (χ0) is 26.2. The first-order valence-electron chi connectivity index (χ1n) is 12.8. The van der Waals surface area contributed by atoms with Gasteiger partial charge in [0.05, 0.1) is 29.7 Å². The zero-order valence-electron chi connectivity index (χ0n) is 21.3. The largest absolute Gasteiger partial charge is 0.322 e. The summed E-state index contributed by atoms with van der Waals surface area (Å²) in [6.07, 6.45) is 2.90. The molecule has 6 rings (SSSR count). The summed E-state index contributed by atoms with van der Waals surface area (Å²) in [6.45, 7) is 4.36. The molecule has 0 spiro atoms. The van der Waals surface area contributed by atoms with Gasteiger partial charge in [-0.05, 0) is 73.0 Å². The molecule has 1 atom stereocenters. The average Bonchev–Trinajstić information content (AvgIpc) is 3.50. The van der Waals surface area contributed by atoms with Crippen molar-refractivity contribution < 1.29 is 9.18 Å². The lowest BCUT2D eigenvalue weighted by molar-refractivity contribution is 0.194. The van der Waals surface area contributed by atoms with Gasteiger partial charge in [0.15, 0.2) is 0 Å². The summed E-state index contributed by atoms with van der Waals surface area (Å²) in [5.41, 5.74) is 6.14. The molecule has 1 N–H and O–H groups in total. The van der Waals surface area contributed by atoms with Crippen molar-refractivity contribution in [1.82, 2.24) is 19.2 Å². The quantitative estimate of drug-likeness (QED) is 0.292. The van der Waals surface area contributed by atoms with Gasteiger partial charge in [-0.2, -0.15) is 5.10 Å². The van der Waals surface area contributed by atoms with Crippen molar-refractivity contribution in [3.8, 4) is 11.5 Å². The fourth-order valence-electron chi connectivity index (χ4n) is 5.20. The molecule has 0 bridgehead atoms. The minimum Gasteiger partial charge on any atom is -0.308 e. The molecule has 38 heavy (non-hydrogen) atoms. The summed E-state index contributed by atoms with van der Waals surface area (Å²) >= 11 is 0. The lowest BCUT2D eigenvalue weighted by Crippen LogP contribution is -2.38. The van der Waals surface area contributed by atoms with Crippen LogP contribution in [0, 0.1) is 12.7 Å². The average molecular weight is 506 g/mol. The molecule has 1 aliphatic heterocycles. The van der Waals surface area contributed by atoms with Crippen LogP contribution in [0.4, 0.5) is 14.9 Å². The van der Waals surface area contributed by atoms with Gasteiger partial charge in [0.25, 0.3) is 0 Å². The molecule has 0 radical (unpaired) electrons. The van der Waals surface area contributed by atoms with E-state index in [1.807, 2.05) is 90.6 Å². The zero-order valence-corrected chi connectivity index (χ0v) is 21.3. The molecule has 0 saturated heterocycles. The molecule has 3 heterocycles. The number of rotatable bonds is 4. The fourth-order valence-corrected chi connectivity index (χ4v) is 5.20. The normalized spacial score (nSPS) is 14.5. The number of aromatic nitrogens is 3. The first kappa shape index (κ1) is 23.7. The summed E-state index contributed by atoms with van der Waals surface area (Å²) in [4.78, 5) is 15.7. The summed E-state index contributed by atoms with van der Waals surface area (Å²) in [5.74, 6) is 0.530. The number of benzene rings is 3. The maximum absolute atomic E-state index is 14.5. The Bertz CT molecular complexity index is 1600. The van der Waals surface area contributed by atoms with Crippen molar-refractivity contribution in [2.24, 2.45) is 0 Å². The third-order valence-corrected chi connectivity index (χ3v) is 7.13. The van der Waals surface area contributed by atoms with Crippen LogP contribution in [0.2, 0.25) is 0 Å².